The van der Waals surface area contributed by atoms with E-state index in [4.69, 9.17) is 9.15 Å². The molecular formula is C43H29NO2. The third-order valence-corrected chi connectivity index (χ3v) is 8.98. The fraction of sp³-hybridized carbons (Fsp3) is 0.0233. The highest BCUT2D eigenvalue weighted by molar-refractivity contribution is 6.06. The number of aryl methyl sites for hydroxylation is 1. The van der Waals surface area contributed by atoms with Crippen LogP contribution in [0.15, 0.2) is 162 Å². The molecule has 3 nitrogen and oxygen atoms in total. The lowest BCUT2D eigenvalue weighted by atomic mass is 9.98. The first-order chi connectivity index (χ1) is 22.7. The molecule has 0 aliphatic carbocycles. The average Bonchev–Trinajstić information content (AvgIpc) is 3.49. The summed E-state index contributed by atoms with van der Waals surface area (Å²) in [4.78, 5) is 2.34. The largest absolute Gasteiger partial charge is 0.456 e. The molecule has 46 heavy (non-hydrogen) atoms. The Morgan fingerprint density at radius 1 is 0.391 bits per heavy atom. The van der Waals surface area contributed by atoms with E-state index >= 15 is 0 Å². The Hall–Kier alpha value is -6.06. The van der Waals surface area contributed by atoms with Crippen LogP contribution in [0.2, 0.25) is 0 Å². The van der Waals surface area contributed by atoms with Crippen LogP contribution in [0, 0.1) is 6.92 Å². The van der Waals surface area contributed by atoms with Crippen molar-refractivity contribution in [3.05, 3.63) is 163 Å². The summed E-state index contributed by atoms with van der Waals surface area (Å²) < 4.78 is 12.9. The minimum absolute atomic E-state index is 0.818. The molecule has 1 aromatic heterocycles. The van der Waals surface area contributed by atoms with Crippen molar-refractivity contribution in [2.45, 2.75) is 6.92 Å². The zero-order chi connectivity index (χ0) is 30.6. The second kappa shape index (κ2) is 10.5. The van der Waals surface area contributed by atoms with Gasteiger partial charge < -0.3 is 14.1 Å². The Bertz CT molecular complexity index is 2400. The Labute approximate surface area is 267 Å². The van der Waals surface area contributed by atoms with Crippen molar-refractivity contribution < 1.29 is 9.15 Å². The zero-order valence-electron chi connectivity index (χ0n) is 25.3. The molecule has 2 heterocycles. The fourth-order valence-corrected chi connectivity index (χ4v) is 6.68. The monoisotopic (exact) mass is 591 g/mol. The van der Waals surface area contributed by atoms with Gasteiger partial charge in [0.2, 0.25) is 0 Å². The fourth-order valence-electron chi connectivity index (χ4n) is 6.68. The van der Waals surface area contributed by atoms with Gasteiger partial charge in [-0.2, -0.15) is 0 Å². The van der Waals surface area contributed by atoms with Gasteiger partial charge in [0, 0.05) is 16.5 Å². The lowest BCUT2D eigenvalue weighted by Crippen LogP contribution is -2.17. The highest BCUT2D eigenvalue weighted by Gasteiger charge is 2.28. The molecule has 7 aromatic carbocycles. The molecule has 0 atom stereocenters. The van der Waals surface area contributed by atoms with E-state index in [0.29, 0.717) is 0 Å². The van der Waals surface area contributed by atoms with Crippen LogP contribution in [-0.2, 0) is 0 Å². The molecule has 1 aliphatic heterocycles. The molecular weight excluding hydrogens is 562 g/mol. The molecule has 8 aromatic rings. The molecule has 0 fully saturated rings. The van der Waals surface area contributed by atoms with Gasteiger partial charge in [-0.1, -0.05) is 103 Å². The maximum absolute atomic E-state index is 6.77. The van der Waals surface area contributed by atoms with Crippen molar-refractivity contribution in [3.8, 4) is 44.9 Å². The Kier molecular flexibility index (Phi) is 6.04. The molecule has 0 bridgehead atoms. The molecule has 0 spiro atoms. The van der Waals surface area contributed by atoms with Gasteiger partial charge in [-0.25, -0.2) is 0 Å². The maximum Gasteiger partial charge on any atom is 0.152 e. The first-order valence-corrected chi connectivity index (χ1v) is 15.6. The maximum atomic E-state index is 6.77. The van der Waals surface area contributed by atoms with Crippen LogP contribution in [0.1, 0.15) is 5.56 Å². The van der Waals surface area contributed by atoms with Gasteiger partial charge in [-0.3, -0.25) is 0 Å². The molecule has 0 saturated carbocycles. The Morgan fingerprint density at radius 3 is 1.54 bits per heavy atom. The van der Waals surface area contributed by atoms with Crippen LogP contribution in [0.25, 0.3) is 55.3 Å². The molecule has 0 unspecified atom stereocenters. The van der Waals surface area contributed by atoms with E-state index in [1.54, 1.807) is 0 Å². The summed E-state index contributed by atoms with van der Waals surface area (Å²) in [5.74, 6) is 1.65. The first-order valence-electron chi connectivity index (χ1n) is 15.6. The first kappa shape index (κ1) is 26.4. The van der Waals surface area contributed by atoms with E-state index in [0.717, 1.165) is 72.8 Å². The topological polar surface area (TPSA) is 25.6 Å². The standard InChI is InChI=1S/C43H29NO2/c1-28-24-31(29-10-4-2-5-11-29)16-20-37(28)44-38-21-17-33(30-12-6-3-7-13-30)26-42(38)46-43-27-34(18-22-39(43)44)32-19-23-41-36(25-32)35-14-8-9-15-40(35)45-41/h2-27H,1H3. The van der Waals surface area contributed by atoms with Crippen LogP contribution >= 0.6 is 0 Å². The predicted molar refractivity (Wildman–Crippen MR) is 190 cm³/mol. The van der Waals surface area contributed by atoms with Gasteiger partial charge in [0.15, 0.2) is 11.5 Å². The summed E-state index contributed by atoms with van der Waals surface area (Å²) in [6, 6.07) is 55.4. The third-order valence-electron chi connectivity index (χ3n) is 8.98. The average molecular weight is 592 g/mol. The van der Waals surface area contributed by atoms with Crippen molar-refractivity contribution in [2.75, 3.05) is 4.90 Å². The normalized spacial score (nSPS) is 12.2. The van der Waals surface area contributed by atoms with E-state index in [1.165, 1.54) is 16.7 Å². The van der Waals surface area contributed by atoms with Crippen LogP contribution in [0.5, 0.6) is 11.5 Å². The van der Waals surface area contributed by atoms with Gasteiger partial charge >= 0.3 is 0 Å². The van der Waals surface area contributed by atoms with E-state index < -0.39 is 0 Å². The number of hydrogen-bond acceptors (Lipinski definition) is 3. The number of furan rings is 1. The van der Waals surface area contributed by atoms with Gasteiger partial charge in [0.1, 0.15) is 11.2 Å². The number of nitrogens with zero attached hydrogens (tertiary/aromatic N) is 1. The van der Waals surface area contributed by atoms with Crippen LogP contribution < -0.4 is 9.64 Å². The highest BCUT2D eigenvalue weighted by Crippen LogP contribution is 2.53. The summed E-state index contributed by atoms with van der Waals surface area (Å²) in [5.41, 5.74) is 13.0. The quantitative estimate of drug-likeness (QED) is 0.204. The number of para-hydroxylation sites is 1. The molecule has 0 N–H and O–H groups in total. The van der Waals surface area contributed by atoms with E-state index in [2.05, 4.69) is 151 Å². The second-order valence-corrected chi connectivity index (χ2v) is 11.8. The highest BCUT2D eigenvalue weighted by atomic mass is 16.5. The molecule has 0 saturated heterocycles. The Balaban J connectivity index is 1.19. The van der Waals surface area contributed by atoms with E-state index in [-0.39, 0.29) is 0 Å². The Morgan fingerprint density at radius 2 is 0.891 bits per heavy atom. The molecule has 3 heteroatoms. The van der Waals surface area contributed by atoms with Crippen molar-refractivity contribution in [1.29, 1.82) is 0 Å². The van der Waals surface area contributed by atoms with E-state index in [1.807, 2.05) is 18.2 Å². The van der Waals surface area contributed by atoms with Crippen LogP contribution in [-0.4, -0.2) is 0 Å². The van der Waals surface area contributed by atoms with Crippen LogP contribution in [0.4, 0.5) is 17.1 Å². The summed E-state index contributed by atoms with van der Waals surface area (Å²) in [5, 5.41) is 2.23. The molecule has 1 aliphatic rings. The molecule has 9 rings (SSSR count). The number of fused-ring (bicyclic) bond motifs is 5. The van der Waals surface area contributed by atoms with E-state index in [9.17, 15) is 0 Å². The number of ether oxygens (including phenoxy) is 1. The van der Waals surface area contributed by atoms with Crippen LogP contribution in [0.3, 0.4) is 0 Å². The van der Waals surface area contributed by atoms with Gasteiger partial charge in [0.05, 0.1) is 11.4 Å². The molecule has 218 valence electrons. The predicted octanol–water partition coefficient (Wildman–Crippen LogP) is 12.5. The summed E-state index contributed by atoms with van der Waals surface area (Å²) in [6.45, 7) is 2.19. The molecule has 0 amide bonds. The molecule has 0 radical (unpaired) electrons. The lowest BCUT2D eigenvalue weighted by Gasteiger charge is -2.34. The SMILES string of the molecule is Cc1cc(-c2ccccc2)ccc1N1c2ccc(-c3ccccc3)cc2Oc2cc(-c3ccc4oc5ccccc5c4c3)ccc21. The second-order valence-electron chi connectivity index (χ2n) is 11.8. The lowest BCUT2D eigenvalue weighted by molar-refractivity contribution is 0.477. The smallest absolute Gasteiger partial charge is 0.152 e. The van der Waals surface area contributed by atoms with Gasteiger partial charge in [0.25, 0.3) is 0 Å². The minimum atomic E-state index is 0.818. The summed E-state index contributed by atoms with van der Waals surface area (Å²) in [7, 11) is 0. The van der Waals surface area contributed by atoms with Crippen molar-refractivity contribution in [2.24, 2.45) is 0 Å². The third kappa shape index (κ3) is 4.36. The number of benzene rings is 7. The number of rotatable bonds is 4. The summed E-state index contributed by atoms with van der Waals surface area (Å²) in [6.07, 6.45) is 0. The zero-order valence-corrected chi connectivity index (χ0v) is 25.3. The van der Waals surface area contributed by atoms with Crippen molar-refractivity contribution >= 4 is 39.0 Å². The summed E-state index contributed by atoms with van der Waals surface area (Å²) >= 11 is 0. The van der Waals surface area contributed by atoms with Crippen molar-refractivity contribution in [1.82, 2.24) is 0 Å². The number of hydrogen-bond donors (Lipinski definition) is 0. The minimum Gasteiger partial charge on any atom is -0.456 e. The van der Waals surface area contributed by atoms with Gasteiger partial charge in [-0.05, 0) is 100 Å². The van der Waals surface area contributed by atoms with Gasteiger partial charge in [-0.15, -0.1) is 0 Å². The van der Waals surface area contributed by atoms with Crippen molar-refractivity contribution in [3.63, 3.8) is 0 Å². The number of anilines is 3.